The number of anilines is 2. The molecule has 3 rings (SSSR count). The zero-order valence-corrected chi connectivity index (χ0v) is 19.5. The standard InChI is InChI=1S/C23H30F4N4O4/c1-3-35-22(34)31-16-9-17(30-21(33)19(28)18(12-4-5-12)13-6-7-13)15(24)8-14(16)11(2)20(32)29-10-23(25,26)27/h8-9,11-13,18-19H,3-7,10,28H2,1-2H3,(H,29,32)(H,30,33)(H,31,34). The van der Waals surface area contributed by atoms with Crippen molar-refractivity contribution in [3.63, 3.8) is 0 Å². The first-order valence-electron chi connectivity index (χ1n) is 11.6. The Morgan fingerprint density at radius 1 is 1.06 bits per heavy atom. The zero-order valence-electron chi connectivity index (χ0n) is 19.5. The molecule has 0 heterocycles. The summed E-state index contributed by atoms with van der Waals surface area (Å²) in [5, 5.41) is 6.55. The summed E-state index contributed by atoms with van der Waals surface area (Å²) in [5.74, 6) is -3.00. The molecule has 5 N–H and O–H groups in total. The molecule has 0 aliphatic heterocycles. The van der Waals surface area contributed by atoms with Crippen LogP contribution >= 0.6 is 0 Å². The fourth-order valence-electron chi connectivity index (χ4n) is 4.23. The molecule has 3 amide bonds. The number of nitrogens with one attached hydrogen (secondary N) is 3. The third-order valence-corrected chi connectivity index (χ3v) is 6.28. The number of ether oxygens (including phenoxy) is 1. The van der Waals surface area contributed by atoms with Crippen LogP contribution in [0.2, 0.25) is 0 Å². The largest absolute Gasteiger partial charge is 0.450 e. The smallest absolute Gasteiger partial charge is 0.411 e. The van der Waals surface area contributed by atoms with Gasteiger partial charge >= 0.3 is 12.3 Å². The maximum atomic E-state index is 15.0. The Balaban J connectivity index is 1.82. The van der Waals surface area contributed by atoms with Crippen LogP contribution in [0, 0.1) is 23.6 Å². The molecule has 2 unspecified atom stereocenters. The normalized spacial score (nSPS) is 17.5. The van der Waals surface area contributed by atoms with Gasteiger partial charge in [-0.15, -0.1) is 0 Å². The van der Waals surface area contributed by atoms with Crippen LogP contribution in [0.5, 0.6) is 0 Å². The lowest BCUT2D eigenvalue weighted by molar-refractivity contribution is -0.139. The predicted octanol–water partition coefficient (Wildman–Crippen LogP) is 3.88. The van der Waals surface area contributed by atoms with Gasteiger partial charge in [0.05, 0.1) is 29.9 Å². The van der Waals surface area contributed by atoms with Crippen molar-refractivity contribution in [1.82, 2.24) is 5.32 Å². The van der Waals surface area contributed by atoms with Crippen molar-refractivity contribution in [2.45, 2.75) is 57.7 Å². The zero-order chi connectivity index (χ0) is 25.9. The van der Waals surface area contributed by atoms with E-state index in [1.165, 1.54) is 6.92 Å². The molecule has 194 valence electrons. The summed E-state index contributed by atoms with van der Waals surface area (Å²) in [6.07, 6.45) is -1.52. The first-order valence-corrected chi connectivity index (χ1v) is 11.6. The van der Waals surface area contributed by atoms with E-state index < -0.39 is 48.4 Å². The number of rotatable bonds is 10. The lowest BCUT2D eigenvalue weighted by Crippen LogP contribution is -2.44. The van der Waals surface area contributed by atoms with E-state index in [0.717, 1.165) is 37.8 Å². The number of hydrogen-bond donors (Lipinski definition) is 4. The molecular weight excluding hydrogens is 472 g/mol. The molecule has 0 bridgehead atoms. The minimum atomic E-state index is -4.63. The van der Waals surface area contributed by atoms with Gasteiger partial charge < -0.3 is 21.1 Å². The van der Waals surface area contributed by atoms with Crippen LogP contribution in [-0.2, 0) is 14.3 Å². The van der Waals surface area contributed by atoms with Crippen LogP contribution in [0.4, 0.5) is 33.7 Å². The van der Waals surface area contributed by atoms with E-state index in [4.69, 9.17) is 10.5 Å². The highest BCUT2D eigenvalue weighted by molar-refractivity contribution is 5.97. The topological polar surface area (TPSA) is 123 Å². The molecule has 8 nitrogen and oxygen atoms in total. The van der Waals surface area contributed by atoms with Gasteiger partial charge in [-0.2, -0.15) is 13.2 Å². The lowest BCUT2D eigenvalue weighted by atomic mass is 9.89. The van der Waals surface area contributed by atoms with Crippen LogP contribution in [0.25, 0.3) is 0 Å². The Labute approximate surface area is 200 Å². The summed E-state index contributed by atoms with van der Waals surface area (Å²) in [6, 6.07) is 1.16. The molecule has 2 atom stereocenters. The number of benzene rings is 1. The fraction of sp³-hybridized carbons (Fsp3) is 0.609. The van der Waals surface area contributed by atoms with Gasteiger partial charge in [-0.3, -0.25) is 14.9 Å². The highest BCUT2D eigenvalue weighted by Gasteiger charge is 2.46. The summed E-state index contributed by atoms with van der Waals surface area (Å²) in [6.45, 7) is 1.28. The minimum Gasteiger partial charge on any atom is -0.450 e. The van der Waals surface area contributed by atoms with Crippen molar-refractivity contribution in [2.24, 2.45) is 23.5 Å². The van der Waals surface area contributed by atoms with Gasteiger partial charge in [0.25, 0.3) is 0 Å². The second kappa shape index (κ2) is 10.8. The van der Waals surface area contributed by atoms with Crippen molar-refractivity contribution in [1.29, 1.82) is 0 Å². The third-order valence-electron chi connectivity index (χ3n) is 6.28. The lowest BCUT2D eigenvalue weighted by Gasteiger charge is -2.24. The van der Waals surface area contributed by atoms with Gasteiger partial charge in [-0.25, -0.2) is 9.18 Å². The van der Waals surface area contributed by atoms with Crippen molar-refractivity contribution in [3.05, 3.63) is 23.5 Å². The van der Waals surface area contributed by atoms with Gasteiger partial charge in [0.1, 0.15) is 12.4 Å². The monoisotopic (exact) mass is 502 g/mol. The molecular formula is C23H30F4N4O4. The van der Waals surface area contributed by atoms with Crippen molar-refractivity contribution >= 4 is 29.3 Å². The molecule has 2 saturated carbocycles. The van der Waals surface area contributed by atoms with Crippen LogP contribution in [-0.4, -0.2) is 43.3 Å². The third kappa shape index (κ3) is 7.30. The number of alkyl halides is 3. The van der Waals surface area contributed by atoms with Crippen LogP contribution in [0.3, 0.4) is 0 Å². The molecule has 0 saturated heterocycles. The van der Waals surface area contributed by atoms with Crippen molar-refractivity contribution < 1.29 is 36.7 Å². The molecule has 0 spiro atoms. The van der Waals surface area contributed by atoms with Crippen molar-refractivity contribution in [2.75, 3.05) is 23.8 Å². The molecule has 12 heteroatoms. The molecule has 0 aromatic heterocycles. The van der Waals surface area contributed by atoms with E-state index in [0.29, 0.717) is 11.8 Å². The highest BCUT2D eigenvalue weighted by atomic mass is 19.4. The summed E-state index contributed by atoms with van der Waals surface area (Å²) in [5.41, 5.74) is 5.75. The fourth-order valence-corrected chi connectivity index (χ4v) is 4.23. The van der Waals surface area contributed by atoms with Crippen LogP contribution in [0.15, 0.2) is 12.1 Å². The van der Waals surface area contributed by atoms with E-state index in [1.807, 2.05) is 0 Å². The SMILES string of the molecule is CCOC(=O)Nc1cc(NC(=O)C(N)C(C2CC2)C2CC2)c(F)cc1C(C)C(=O)NCC(F)(F)F. The average Bonchev–Trinajstić information content (AvgIpc) is 3.69. The quantitative estimate of drug-likeness (QED) is 0.362. The van der Waals surface area contributed by atoms with E-state index in [9.17, 15) is 31.9 Å². The summed E-state index contributed by atoms with van der Waals surface area (Å²) < 4.78 is 57.3. The van der Waals surface area contributed by atoms with E-state index in [-0.39, 0.29) is 29.5 Å². The van der Waals surface area contributed by atoms with E-state index in [2.05, 4.69) is 10.6 Å². The van der Waals surface area contributed by atoms with Crippen LogP contribution < -0.4 is 21.7 Å². The summed E-state index contributed by atoms with van der Waals surface area (Å²) in [4.78, 5) is 37.1. The Hall–Kier alpha value is -2.89. The molecule has 2 aliphatic rings. The molecule has 2 fully saturated rings. The average molecular weight is 503 g/mol. The predicted molar refractivity (Wildman–Crippen MR) is 120 cm³/mol. The first kappa shape index (κ1) is 26.7. The van der Waals surface area contributed by atoms with E-state index >= 15 is 0 Å². The second-order valence-corrected chi connectivity index (χ2v) is 9.09. The molecule has 35 heavy (non-hydrogen) atoms. The number of carbonyl (C=O) groups is 3. The minimum absolute atomic E-state index is 0.0200. The maximum absolute atomic E-state index is 15.0. The second-order valence-electron chi connectivity index (χ2n) is 9.09. The molecule has 1 aromatic carbocycles. The molecule has 0 radical (unpaired) electrons. The Bertz CT molecular complexity index is 952. The Morgan fingerprint density at radius 3 is 2.17 bits per heavy atom. The Kier molecular flexibility index (Phi) is 8.24. The number of halogens is 4. The highest BCUT2D eigenvalue weighted by Crippen LogP contribution is 2.50. The number of carbonyl (C=O) groups excluding carboxylic acids is 3. The van der Waals surface area contributed by atoms with Crippen molar-refractivity contribution in [3.8, 4) is 0 Å². The number of amides is 3. The van der Waals surface area contributed by atoms with Gasteiger partial charge in [-0.1, -0.05) is 0 Å². The maximum Gasteiger partial charge on any atom is 0.411 e. The van der Waals surface area contributed by atoms with E-state index in [1.54, 1.807) is 12.2 Å². The van der Waals surface area contributed by atoms with Crippen LogP contribution in [0.1, 0.15) is 51.0 Å². The van der Waals surface area contributed by atoms with Gasteiger partial charge in [0, 0.05) is 0 Å². The molecule has 2 aliphatic carbocycles. The van der Waals surface area contributed by atoms with Gasteiger partial charge in [0.15, 0.2) is 0 Å². The Morgan fingerprint density at radius 2 is 1.66 bits per heavy atom. The summed E-state index contributed by atoms with van der Waals surface area (Å²) in [7, 11) is 0. The van der Waals surface area contributed by atoms with Gasteiger partial charge in [0.2, 0.25) is 11.8 Å². The number of nitrogens with two attached hydrogens (primary N) is 1. The molecule has 1 aromatic rings. The first-order chi connectivity index (χ1) is 16.4. The number of hydrogen-bond acceptors (Lipinski definition) is 5. The summed E-state index contributed by atoms with van der Waals surface area (Å²) >= 11 is 0. The van der Waals surface area contributed by atoms with Gasteiger partial charge in [-0.05, 0) is 75.0 Å².